The average Bonchev–Trinajstić information content (AvgIpc) is 3.33. The van der Waals surface area contributed by atoms with Crippen molar-refractivity contribution in [3.05, 3.63) is 99.7 Å². The highest BCUT2D eigenvalue weighted by molar-refractivity contribution is 5.76. The molecule has 1 fully saturated rings. The Labute approximate surface area is 222 Å². The average molecular weight is 504 g/mol. The van der Waals surface area contributed by atoms with Crippen molar-refractivity contribution < 1.29 is 4.74 Å². The summed E-state index contributed by atoms with van der Waals surface area (Å²) in [5.41, 5.74) is 6.66. The lowest BCUT2D eigenvalue weighted by Crippen LogP contribution is -2.32. The van der Waals surface area contributed by atoms with E-state index in [4.69, 9.17) is 4.74 Å². The first-order valence-corrected chi connectivity index (χ1v) is 13.1. The molecule has 7 nitrogen and oxygen atoms in total. The van der Waals surface area contributed by atoms with Gasteiger partial charge in [0.05, 0.1) is 37.2 Å². The van der Waals surface area contributed by atoms with Crippen LogP contribution in [0.3, 0.4) is 0 Å². The SMILES string of the molecule is CN1CCC(COc2cnc(-c3cccc(Cn4c5c(ccc4=O)-c4cc(C#N)ccc4C5)c3)nc2)CC1. The van der Waals surface area contributed by atoms with Gasteiger partial charge in [-0.2, -0.15) is 5.26 Å². The summed E-state index contributed by atoms with van der Waals surface area (Å²) >= 11 is 0. The van der Waals surface area contributed by atoms with Gasteiger partial charge in [-0.3, -0.25) is 4.79 Å². The zero-order valence-corrected chi connectivity index (χ0v) is 21.4. The second-order valence-electron chi connectivity index (χ2n) is 10.3. The van der Waals surface area contributed by atoms with Gasteiger partial charge in [0.15, 0.2) is 11.6 Å². The van der Waals surface area contributed by atoms with Gasteiger partial charge in [-0.05, 0) is 79.9 Å². The molecule has 6 rings (SSSR count). The Morgan fingerprint density at radius 2 is 1.84 bits per heavy atom. The van der Waals surface area contributed by atoms with Crippen molar-refractivity contribution in [1.82, 2.24) is 19.4 Å². The van der Waals surface area contributed by atoms with Crippen molar-refractivity contribution >= 4 is 0 Å². The maximum absolute atomic E-state index is 12.9. The van der Waals surface area contributed by atoms with E-state index >= 15 is 0 Å². The highest BCUT2D eigenvalue weighted by atomic mass is 16.5. The quantitative estimate of drug-likeness (QED) is 0.339. The van der Waals surface area contributed by atoms with Crippen LogP contribution >= 0.6 is 0 Å². The highest BCUT2D eigenvalue weighted by Gasteiger charge is 2.23. The Kier molecular flexibility index (Phi) is 6.48. The second kappa shape index (κ2) is 10.2. The van der Waals surface area contributed by atoms with E-state index in [1.54, 1.807) is 18.5 Å². The number of pyridine rings is 1. The van der Waals surface area contributed by atoms with Gasteiger partial charge in [0.2, 0.25) is 0 Å². The third-order valence-corrected chi connectivity index (χ3v) is 7.66. The van der Waals surface area contributed by atoms with Gasteiger partial charge in [0.1, 0.15) is 0 Å². The highest BCUT2D eigenvalue weighted by Crippen LogP contribution is 2.36. The van der Waals surface area contributed by atoms with Crippen molar-refractivity contribution in [2.24, 2.45) is 5.92 Å². The molecule has 0 N–H and O–H groups in total. The fourth-order valence-corrected chi connectivity index (χ4v) is 5.43. The summed E-state index contributed by atoms with van der Waals surface area (Å²) in [7, 11) is 2.16. The minimum Gasteiger partial charge on any atom is -0.490 e. The molecule has 1 saturated heterocycles. The van der Waals surface area contributed by atoms with E-state index in [1.165, 1.54) is 0 Å². The number of hydrogen-bond acceptors (Lipinski definition) is 6. The molecule has 0 atom stereocenters. The molecule has 2 aliphatic rings. The molecule has 0 amide bonds. The largest absolute Gasteiger partial charge is 0.490 e. The number of nitrogens with zero attached hydrogens (tertiary/aromatic N) is 5. The van der Waals surface area contributed by atoms with Crippen molar-refractivity contribution in [3.8, 4) is 34.3 Å². The Hall–Kier alpha value is -4.28. The van der Waals surface area contributed by atoms with Crippen LogP contribution in [-0.4, -0.2) is 46.2 Å². The Morgan fingerprint density at radius 1 is 1.03 bits per heavy atom. The summed E-state index contributed by atoms with van der Waals surface area (Å²) < 4.78 is 7.81. The van der Waals surface area contributed by atoms with Crippen molar-refractivity contribution in [1.29, 1.82) is 5.26 Å². The van der Waals surface area contributed by atoms with E-state index in [0.717, 1.165) is 59.4 Å². The van der Waals surface area contributed by atoms with E-state index in [1.807, 2.05) is 53.1 Å². The maximum Gasteiger partial charge on any atom is 0.251 e. The van der Waals surface area contributed by atoms with Crippen molar-refractivity contribution in [3.63, 3.8) is 0 Å². The van der Waals surface area contributed by atoms with Crippen LogP contribution in [0.15, 0.2) is 71.8 Å². The number of likely N-dealkylation sites (tertiary alicyclic amines) is 1. The Balaban J connectivity index is 1.19. The van der Waals surface area contributed by atoms with Crippen molar-refractivity contribution in [2.75, 3.05) is 26.7 Å². The van der Waals surface area contributed by atoms with Gasteiger partial charge in [-0.1, -0.05) is 24.3 Å². The number of benzene rings is 2. The van der Waals surface area contributed by atoms with Gasteiger partial charge in [-0.25, -0.2) is 9.97 Å². The molecular weight excluding hydrogens is 474 g/mol. The first-order valence-electron chi connectivity index (χ1n) is 13.1. The maximum atomic E-state index is 12.9. The minimum atomic E-state index is -0.0372. The molecule has 38 heavy (non-hydrogen) atoms. The number of hydrogen-bond donors (Lipinski definition) is 0. The summed E-state index contributed by atoms with van der Waals surface area (Å²) in [6, 6.07) is 19.4. The van der Waals surface area contributed by atoms with Crippen LogP contribution < -0.4 is 10.3 Å². The lowest BCUT2D eigenvalue weighted by molar-refractivity contribution is 0.159. The zero-order valence-electron chi connectivity index (χ0n) is 21.4. The van der Waals surface area contributed by atoms with Crippen LogP contribution in [0.25, 0.3) is 22.5 Å². The molecule has 3 heterocycles. The Morgan fingerprint density at radius 3 is 2.63 bits per heavy atom. The molecule has 0 bridgehead atoms. The second-order valence-corrected chi connectivity index (χ2v) is 10.3. The summed E-state index contributed by atoms with van der Waals surface area (Å²) in [5, 5.41) is 9.31. The summed E-state index contributed by atoms with van der Waals surface area (Å²) in [6.45, 7) is 3.39. The van der Waals surface area contributed by atoms with E-state index in [-0.39, 0.29) is 5.56 Å². The fourth-order valence-electron chi connectivity index (χ4n) is 5.43. The van der Waals surface area contributed by atoms with Gasteiger partial charge in [0.25, 0.3) is 5.56 Å². The molecule has 4 aromatic rings. The van der Waals surface area contributed by atoms with Crippen LogP contribution in [0.4, 0.5) is 0 Å². The predicted molar refractivity (Wildman–Crippen MR) is 146 cm³/mol. The topological polar surface area (TPSA) is 84.0 Å². The van der Waals surface area contributed by atoms with E-state index in [2.05, 4.69) is 28.0 Å². The smallest absolute Gasteiger partial charge is 0.251 e. The third kappa shape index (κ3) is 4.83. The zero-order chi connectivity index (χ0) is 26.1. The molecule has 1 aliphatic heterocycles. The minimum absolute atomic E-state index is 0.0372. The summed E-state index contributed by atoms with van der Waals surface area (Å²) in [4.78, 5) is 24.4. The lowest BCUT2D eigenvalue weighted by Gasteiger charge is -2.28. The first-order chi connectivity index (χ1) is 18.6. The molecule has 0 spiro atoms. The van der Waals surface area contributed by atoms with Crippen LogP contribution in [0.5, 0.6) is 5.75 Å². The van der Waals surface area contributed by atoms with Crippen LogP contribution in [-0.2, 0) is 13.0 Å². The monoisotopic (exact) mass is 503 g/mol. The number of ether oxygens (including phenoxy) is 1. The van der Waals surface area contributed by atoms with E-state index in [0.29, 0.717) is 42.6 Å². The molecule has 0 unspecified atom stereocenters. The van der Waals surface area contributed by atoms with E-state index in [9.17, 15) is 10.1 Å². The van der Waals surface area contributed by atoms with Gasteiger partial charge >= 0.3 is 0 Å². The van der Waals surface area contributed by atoms with Gasteiger partial charge < -0.3 is 14.2 Å². The Bertz CT molecular complexity index is 1580. The predicted octanol–water partition coefficient (Wildman–Crippen LogP) is 4.52. The molecular formula is C31H29N5O2. The summed E-state index contributed by atoms with van der Waals surface area (Å²) in [5.74, 6) is 1.89. The molecule has 0 radical (unpaired) electrons. The molecule has 190 valence electrons. The standard InChI is InChI=1S/C31H29N5O2/c1-35-11-9-21(10-12-35)20-38-26-17-33-31(34-18-26)25-4-2-3-23(13-25)19-36-29-15-24-6-5-22(16-32)14-28(24)27(29)7-8-30(36)37/h2-8,13-14,17-18,21H,9-12,15,19-20H2,1H3. The van der Waals surface area contributed by atoms with Gasteiger partial charge in [0, 0.05) is 29.3 Å². The molecule has 2 aromatic carbocycles. The van der Waals surface area contributed by atoms with Crippen LogP contribution in [0.2, 0.25) is 0 Å². The van der Waals surface area contributed by atoms with Gasteiger partial charge in [-0.15, -0.1) is 0 Å². The third-order valence-electron chi connectivity index (χ3n) is 7.66. The van der Waals surface area contributed by atoms with E-state index < -0.39 is 0 Å². The summed E-state index contributed by atoms with van der Waals surface area (Å²) in [6.07, 6.45) is 6.47. The normalized spacial score (nSPS) is 15.1. The molecule has 1 aliphatic carbocycles. The number of aromatic nitrogens is 3. The lowest BCUT2D eigenvalue weighted by atomic mass is 9.98. The number of fused-ring (bicyclic) bond motifs is 3. The molecule has 7 heteroatoms. The number of nitriles is 1. The van der Waals surface area contributed by atoms with Crippen LogP contribution in [0, 0.1) is 17.2 Å². The fraction of sp³-hybridized carbons (Fsp3) is 0.290. The first kappa shape index (κ1) is 24.1. The van der Waals surface area contributed by atoms with Crippen LogP contribution in [0.1, 0.15) is 35.2 Å². The molecule has 0 saturated carbocycles. The molecule has 2 aromatic heterocycles. The van der Waals surface area contributed by atoms with Crippen molar-refractivity contribution in [2.45, 2.75) is 25.8 Å². The number of rotatable bonds is 6. The number of piperidine rings is 1.